The number of nitro groups is 1. The van der Waals surface area contributed by atoms with Crippen LogP contribution in [0.4, 0.5) is 11.4 Å². The third-order valence-electron chi connectivity index (χ3n) is 3.82. The van der Waals surface area contributed by atoms with E-state index in [4.69, 9.17) is 4.52 Å². The summed E-state index contributed by atoms with van der Waals surface area (Å²) in [4.78, 5) is 26.5. The summed E-state index contributed by atoms with van der Waals surface area (Å²) in [7, 11) is 0. The monoisotopic (exact) mass is 352 g/mol. The highest BCUT2D eigenvalue weighted by molar-refractivity contribution is 5.95. The van der Waals surface area contributed by atoms with Gasteiger partial charge in [-0.1, -0.05) is 23.4 Å². The number of carbonyl (C=O) groups excluding carboxylic acids is 1. The molecule has 3 aromatic rings. The van der Waals surface area contributed by atoms with Gasteiger partial charge in [-0.3, -0.25) is 14.9 Å². The molecule has 26 heavy (non-hydrogen) atoms. The van der Waals surface area contributed by atoms with Crippen molar-refractivity contribution in [3.8, 4) is 11.5 Å². The molecular weight excluding hydrogens is 336 g/mol. The van der Waals surface area contributed by atoms with Crippen LogP contribution in [-0.4, -0.2) is 20.8 Å². The molecule has 8 nitrogen and oxygen atoms in total. The summed E-state index contributed by atoms with van der Waals surface area (Å²) in [6, 6.07) is 13.2. The number of nitrogens with one attached hydrogen (secondary N) is 1. The van der Waals surface area contributed by atoms with Crippen LogP contribution in [0, 0.1) is 10.1 Å². The second-order valence-corrected chi connectivity index (χ2v) is 5.74. The van der Waals surface area contributed by atoms with E-state index in [0.29, 0.717) is 11.7 Å². The Hall–Kier alpha value is -3.55. The van der Waals surface area contributed by atoms with E-state index in [9.17, 15) is 14.9 Å². The molecule has 0 aliphatic heterocycles. The van der Waals surface area contributed by atoms with Crippen molar-refractivity contribution in [3.63, 3.8) is 0 Å². The Labute approximate surface area is 149 Å². The number of benzene rings is 2. The lowest BCUT2D eigenvalue weighted by molar-refractivity contribution is -0.384. The molecule has 3 rings (SSSR count). The summed E-state index contributed by atoms with van der Waals surface area (Å²) in [5.74, 6) is 0.503. The average molecular weight is 352 g/mol. The summed E-state index contributed by atoms with van der Waals surface area (Å²) in [6.07, 6.45) is 0. The van der Waals surface area contributed by atoms with Gasteiger partial charge in [-0.25, -0.2) is 0 Å². The maximum absolute atomic E-state index is 11.4. The van der Waals surface area contributed by atoms with Gasteiger partial charge in [0.05, 0.1) is 11.0 Å². The third kappa shape index (κ3) is 3.59. The van der Waals surface area contributed by atoms with Crippen LogP contribution in [0.25, 0.3) is 11.5 Å². The largest absolute Gasteiger partial charge is 0.370 e. The van der Waals surface area contributed by atoms with E-state index in [0.717, 1.165) is 5.56 Å². The number of ketones is 1. The van der Waals surface area contributed by atoms with Crippen molar-refractivity contribution in [2.24, 2.45) is 0 Å². The van der Waals surface area contributed by atoms with Crippen LogP contribution in [0.2, 0.25) is 0 Å². The number of nitrogens with zero attached hydrogens (tertiary/aromatic N) is 3. The number of aromatic nitrogens is 2. The first kappa shape index (κ1) is 17.3. The molecule has 0 amide bonds. The topological polar surface area (TPSA) is 111 Å². The first-order valence-electron chi connectivity index (χ1n) is 7.90. The quantitative estimate of drug-likeness (QED) is 0.405. The normalized spacial score (nSPS) is 11.8. The minimum Gasteiger partial charge on any atom is -0.370 e. The number of Topliss-reactive ketones (excluding diaryl/α,β-unsaturated/α-hetero) is 1. The SMILES string of the molecule is CC(=O)c1ccc(NC(C)c2noc(-c3ccccc3)n2)c([N+](=O)[O-])c1. The molecule has 0 saturated heterocycles. The minimum absolute atomic E-state index is 0.184. The summed E-state index contributed by atoms with van der Waals surface area (Å²) < 4.78 is 5.26. The molecule has 0 bridgehead atoms. The highest BCUT2D eigenvalue weighted by Gasteiger charge is 2.21. The second-order valence-electron chi connectivity index (χ2n) is 5.74. The van der Waals surface area contributed by atoms with Crippen LogP contribution in [0.3, 0.4) is 0 Å². The lowest BCUT2D eigenvalue weighted by Gasteiger charge is -2.12. The lowest BCUT2D eigenvalue weighted by Crippen LogP contribution is -2.10. The van der Waals surface area contributed by atoms with Crippen LogP contribution >= 0.6 is 0 Å². The van der Waals surface area contributed by atoms with E-state index >= 15 is 0 Å². The number of anilines is 1. The van der Waals surface area contributed by atoms with Crippen molar-refractivity contribution in [3.05, 3.63) is 70.0 Å². The van der Waals surface area contributed by atoms with Crippen molar-refractivity contribution in [1.82, 2.24) is 10.1 Å². The van der Waals surface area contributed by atoms with Crippen molar-refractivity contribution in [2.75, 3.05) is 5.32 Å². The Balaban J connectivity index is 1.84. The number of hydrogen-bond donors (Lipinski definition) is 1. The summed E-state index contributed by atoms with van der Waals surface area (Å²) in [5, 5.41) is 18.2. The highest BCUT2D eigenvalue weighted by atomic mass is 16.6. The first-order valence-corrected chi connectivity index (χ1v) is 7.90. The van der Waals surface area contributed by atoms with Gasteiger partial charge in [0.25, 0.3) is 11.6 Å². The summed E-state index contributed by atoms with van der Waals surface area (Å²) in [5.41, 5.74) is 1.16. The highest BCUT2D eigenvalue weighted by Crippen LogP contribution is 2.29. The smallest absolute Gasteiger partial charge is 0.293 e. The third-order valence-corrected chi connectivity index (χ3v) is 3.82. The van der Waals surface area contributed by atoms with Crippen LogP contribution in [0.1, 0.15) is 36.1 Å². The van der Waals surface area contributed by atoms with Gasteiger partial charge in [0.2, 0.25) is 0 Å². The van der Waals surface area contributed by atoms with E-state index in [-0.39, 0.29) is 22.7 Å². The zero-order valence-corrected chi connectivity index (χ0v) is 14.2. The zero-order valence-electron chi connectivity index (χ0n) is 14.2. The molecule has 0 aliphatic rings. The van der Waals surface area contributed by atoms with Crippen LogP contribution in [0.5, 0.6) is 0 Å². The van der Waals surface area contributed by atoms with Crippen LogP contribution in [-0.2, 0) is 0 Å². The van der Waals surface area contributed by atoms with E-state index in [1.165, 1.54) is 25.1 Å². The number of carbonyl (C=O) groups is 1. The molecule has 0 saturated carbocycles. The van der Waals surface area contributed by atoms with E-state index in [2.05, 4.69) is 15.5 Å². The van der Waals surface area contributed by atoms with E-state index in [1.54, 1.807) is 6.92 Å². The van der Waals surface area contributed by atoms with E-state index in [1.807, 2.05) is 30.3 Å². The van der Waals surface area contributed by atoms with Gasteiger partial charge < -0.3 is 9.84 Å². The van der Waals surface area contributed by atoms with Gasteiger partial charge in [0, 0.05) is 17.2 Å². The fourth-order valence-corrected chi connectivity index (χ4v) is 2.43. The van der Waals surface area contributed by atoms with Crippen molar-refractivity contribution < 1.29 is 14.2 Å². The molecule has 8 heteroatoms. The molecule has 2 aromatic carbocycles. The minimum atomic E-state index is -0.535. The Morgan fingerprint density at radius 1 is 1.23 bits per heavy atom. The van der Waals surface area contributed by atoms with Gasteiger partial charge in [0.1, 0.15) is 5.69 Å². The molecule has 0 spiro atoms. The zero-order chi connectivity index (χ0) is 18.7. The fourth-order valence-electron chi connectivity index (χ4n) is 2.43. The molecule has 1 aromatic heterocycles. The van der Waals surface area contributed by atoms with Gasteiger partial charge in [-0.05, 0) is 38.1 Å². The molecule has 1 heterocycles. The predicted octanol–water partition coefficient (Wildman–Crippen LogP) is 4.02. The van der Waals surface area contributed by atoms with Crippen LogP contribution < -0.4 is 5.32 Å². The maximum Gasteiger partial charge on any atom is 0.293 e. The Morgan fingerprint density at radius 2 is 1.96 bits per heavy atom. The Morgan fingerprint density at radius 3 is 2.62 bits per heavy atom. The van der Waals surface area contributed by atoms with Crippen molar-refractivity contribution in [2.45, 2.75) is 19.9 Å². The molecule has 1 unspecified atom stereocenters. The van der Waals surface area contributed by atoms with Gasteiger partial charge in [-0.2, -0.15) is 4.98 Å². The first-order chi connectivity index (χ1) is 12.5. The van der Waals surface area contributed by atoms with Crippen molar-refractivity contribution in [1.29, 1.82) is 0 Å². The molecule has 0 radical (unpaired) electrons. The average Bonchev–Trinajstić information content (AvgIpc) is 3.12. The fraction of sp³-hybridized carbons (Fsp3) is 0.167. The number of hydrogen-bond acceptors (Lipinski definition) is 7. The molecule has 1 atom stereocenters. The van der Waals surface area contributed by atoms with Gasteiger partial charge in [-0.15, -0.1) is 0 Å². The predicted molar refractivity (Wildman–Crippen MR) is 94.9 cm³/mol. The standard InChI is InChI=1S/C18H16N4O4/c1-11(17-20-18(26-21-17)13-6-4-3-5-7-13)19-15-9-8-14(12(2)23)10-16(15)22(24)25/h3-11,19H,1-2H3. The molecular formula is C18H16N4O4. The molecule has 1 N–H and O–H groups in total. The van der Waals surface area contributed by atoms with E-state index < -0.39 is 11.0 Å². The lowest BCUT2D eigenvalue weighted by atomic mass is 10.1. The summed E-state index contributed by atoms with van der Waals surface area (Å²) in [6.45, 7) is 3.13. The van der Waals surface area contributed by atoms with Gasteiger partial charge in [0.15, 0.2) is 11.6 Å². The van der Waals surface area contributed by atoms with Crippen LogP contribution in [0.15, 0.2) is 53.1 Å². The second kappa shape index (κ2) is 7.14. The molecule has 132 valence electrons. The molecule has 0 aliphatic carbocycles. The maximum atomic E-state index is 11.4. The Bertz CT molecular complexity index is 953. The van der Waals surface area contributed by atoms with Gasteiger partial charge >= 0.3 is 0 Å². The number of rotatable bonds is 6. The van der Waals surface area contributed by atoms with Crippen molar-refractivity contribution >= 4 is 17.2 Å². The molecule has 0 fully saturated rings. The number of nitro benzene ring substituents is 1. The summed E-state index contributed by atoms with van der Waals surface area (Å²) >= 11 is 0. The Kier molecular flexibility index (Phi) is 4.74.